The quantitative estimate of drug-likeness (QED) is 0.440. The summed E-state index contributed by atoms with van der Waals surface area (Å²) in [6.45, 7) is 4.26. The van der Waals surface area contributed by atoms with Crippen molar-refractivity contribution < 1.29 is 17.6 Å². The Hall–Kier alpha value is -2.40. The number of thiazole rings is 1. The fourth-order valence-electron chi connectivity index (χ4n) is 4.29. The van der Waals surface area contributed by atoms with Crippen LogP contribution >= 0.6 is 11.3 Å². The van der Waals surface area contributed by atoms with Crippen molar-refractivity contribution in [1.29, 1.82) is 0 Å². The summed E-state index contributed by atoms with van der Waals surface area (Å²) in [4.78, 5) is 21.7. The number of fused-ring (bicyclic) bond motifs is 1. The summed E-state index contributed by atoms with van der Waals surface area (Å²) in [5, 5.41) is 0.424. The number of hydrogen-bond donors (Lipinski definition) is 0. The van der Waals surface area contributed by atoms with Crippen molar-refractivity contribution in [3.05, 3.63) is 53.8 Å². The second-order valence-electron chi connectivity index (χ2n) is 9.33. The van der Waals surface area contributed by atoms with Gasteiger partial charge in [0.25, 0.3) is 5.91 Å². The second kappa shape index (κ2) is 10.7. The Labute approximate surface area is 210 Å². The van der Waals surface area contributed by atoms with Crippen molar-refractivity contribution in [3.63, 3.8) is 0 Å². The predicted molar refractivity (Wildman–Crippen MR) is 138 cm³/mol. The lowest BCUT2D eigenvalue weighted by Crippen LogP contribution is -2.39. The van der Waals surface area contributed by atoms with E-state index in [1.54, 1.807) is 29.2 Å². The molecule has 10 heteroatoms. The topological polar surface area (TPSA) is 73.8 Å². The molecule has 35 heavy (non-hydrogen) atoms. The van der Waals surface area contributed by atoms with Crippen LogP contribution in [0.4, 0.5) is 9.52 Å². The zero-order chi connectivity index (χ0) is 25.2. The molecule has 0 N–H and O–H groups in total. The summed E-state index contributed by atoms with van der Waals surface area (Å²) in [6, 6.07) is 10.9. The number of benzene rings is 2. The Morgan fingerprint density at radius 3 is 2.57 bits per heavy atom. The van der Waals surface area contributed by atoms with Crippen molar-refractivity contribution in [1.82, 2.24) is 14.2 Å². The number of carbonyl (C=O) groups is 1. The number of anilines is 1. The molecular weight excluding hydrogens is 487 g/mol. The van der Waals surface area contributed by atoms with E-state index in [0.29, 0.717) is 47.4 Å². The highest BCUT2D eigenvalue weighted by Crippen LogP contribution is 2.31. The standard InChI is InChI=1S/C25H31FN4O3S2/c1-18-7-5-15-29(17-18)35(32,33)20-12-10-19(11-13-20)24(31)30(16-6-14-28(2)3)25-27-23-21(26)8-4-9-22(23)34-25/h4,8-13,18H,5-7,14-17H2,1-3H3. The molecule has 7 nitrogen and oxygen atoms in total. The lowest BCUT2D eigenvalue weighted by atomic mass is 10.0. The van der Waals surface area contributed by atoms with Crippen molar-refractivity contribution in [2.45, 2.75) is 31.1 Å². The van der Waals surface area contributed by atoms with Crippen molar-refractivity contribution in [2.24, 2.45) is 5.92 Å². The van der Waals surface area contributed by atoms with Gasteiger partial charge in [-0.15, -0.1) is 0 Å². The van der Waals surface area contributed by atoms with Crippen molar-refractivity contribution in [3.8, 4) is 0 Å². The maximum absolute atomic E-state index is 14.3. The van der Waals surface area contributed by atoms with E-state index >= 15 is 0 Å². The molecule has 3 aromatic rings. The first-order valence-corrected chi connectivity index (χ1v) is 14.0. The molecule has 1 aromatic heterocycles. The number of piperidine rings is 1. The maximum atomic E-state index is 14.3. The van der Waals surface area contributed by atoms with Crippen LogP contribution in [0, 0.1) is 11.7 Å². The van der Waals surface area contributed by atoms with E-state index in [2.05, 4.69) is 11.9 Å². The van der Waals surface area contributed by atoms with Crippen LogP contribution in [0.15, 0.2) is 47.4 Å². The lowest BCUT2D eigenvalue weighted by molar-refractivity contribution is 0.0986. The number of carbonyl (C=O) groups excluding carboxylic acids is 1. The van der Waals surface area contributed by atoms with E-state index < -0.39 is 15.8 Å². The molecule has 0 saturated carbocycles. The van der Waals surface area contributed by atoms with Crippen LogP contribution in [0.2, 0.25) is 0 Å². The number of hydrogen-bond acceptors (Lipinski definition) is 6. The molecule has 1 fully saturated rings. The second-order valence-corrected chi connectivity index (χ2v) is 12.3. The average molecular weight is 519 g/mol. The number of sulfonamides is 1. The first-order chi connectivity index (χ1) is 16.7. The summed E-state index contributed by atoms with van der Waals surface area (Å²) in [6.07, 6.45) is 2.58. The zero-order valence-electron chi connectivity index (χ0n) is 20.3. The monoisotopic (exact) mass is 518 g/mol. The molecule has 1 aliphatic heterocycles. The number of aromatic nitrogens is 1. The van der Waals surface area contributed by atoms with Gasteiger partial charge in [-0.3, -0.25) is 9.69 Å². The van der Waals surface area contributed by atoms with Crippen molar-refractivity contribution in [2.75, 3.05) is 45.2 Å². The average Bonchev–Trinajstić information content (AvgIpc) is 3.27. The minimum atomic E-state index is -3.60. The van der Waals surface area contributed by atoms with Crippen LogP contribution in [0.5, 0.6) is 0 Å². The van der Waals surface area contributed by atoms with E-state index in [-0.39, 0.29) is 16.3 Å². The maximum Gasteiger partial charge on any atom is 0.260 e. The highest BCUT2D eigenvalue weighted by atomic mass is 32.2. The lowest BCUT2D eigenvalue weighted by Gasteiger charge is -2.30. The first kappa shape index (κ1) is 25.7. The van der Waals surface area contributed by atoms with Gasteiger partial charge in [0.1, 0.15) is 11.3 Å². The van der Waals surface area contributed by atoms with Gasteiger partial charge in [-0.1, -0.05) is 24.3 Å². The van der Waals surface area contributed by atoms with Crippen LogP contribution in [0.3, 0.4) is 0 Å². The summed E-state index contributed by atoms with van der Waals surface area (Å²) < 4.78 is 42.6. The Bertz CT molecular complexity index is 1290. The molecule has 0 spiro atoms. The van der Waals surface area contributed by atoms with Gasteiger partial charge in [-0.25, -0.2) is 17.8 Å². The van der Waals surface area contributed by atoms with E-state index in [1.165, 1.54) is 33.8 Å². The SMILES string of the molecule is CC1CCCN(S(=O)(=O)c2ccc(C(=O)N(CCCN(C)C)c3nc4c(F)cccc4s3)cc2)C1. The fourth-order valence-corrected chi connectivity index (χ4v) is 6.89. The molecule has 0 radical (unpaired) electrons. The molecule has 1 atom stereocenters. The largest absolute Gasteiger partial charge is 0.309 e. The molecule has 4 rings (SSSR count). The molecule has 1 unspecified atom stereocenters. The normalized spacial score (nSPS) is 17.2. The molecule has 0 aliphatic carbocycles. The summed E-state index contributed by atoms with van der Waals surface area (Å²) in [5.74, 6) is -0.389. The van der Waals surface area contributed by atoms with Crippen LogP contribution in [-0.2, 0) is 10.0 Å². The Kier molecular flexibility index (Phi) is 7.85. The molecule has 2 heterocycles. The highest BCUT2D eigenvalue weighted by molar-refractivity contribution is 7.89. The molecule has 1 aliphatic rings. The third-order valence-corrected chi connectivity index (χ3v) is 9.10. The predicted octanol–water partition coefficient (Wildman–Crippen LogP) is 4.45. The van der Waals surface area contributed by atoms with Gasteiger partial charge < -0.3 is 4.90 Å². The van der Waals surface area contributed by atoms with Crippen LogP contribution in [-0.4, -0.2) is 68.8 Å². The molecule has 1 amide bonds. The number of amides is 1. The Morgan fingerprint density at radius 2 is 1.91 bits per heavy atom. The smallest absolute Gasteiger partial charge is 0.260 e. The third kappa shape index (κ3) is 5.72. The molecule has 188 valence electrons. The minimum Gasteiger partial charge on any atom is -0.309 e. The van der Waals surface area contributed by atoms with E-state index in [4.69, 9.17) is 0 Å². The van der Waals surface area contributed by atoms with Gasteiger partial charge in [-0.05, 0) is 82.2 Å². The third-order valence-electron chi connectivity index (χ3n) is 6.18. The number of halogens is 1. The van der Waals surface area contributed by atoms with Crippen LogP contribution < -0.4 is 4.90 Å². The fraction of sp³-hybridized carbons (Fsp3) is 0.440. The minimum absolute atomic E-state index is 0.185. The van der Waals surface area contributed by atoms with Crippen molar-refractivity contribution >= 4 is 42.6 Å². The number of rotatable bonds is 8. The van der Waals surface area contributed by atoms with Gasteiger partial charge >= 0.3 is 0 Å². The van der Waals surface area contributed by atoms with E-state index in [0.717, 1.165) is 19.4 Å². The van der Waals surface area contributed by atoms with Crippen LogP contribution in [0.25, 0.3) is 10.2 Å². The summed E-state index contributed by atoms with van der Waals surface area (Å²) in [7, 11) is 0.315. The van der Waals surface area contributed by atoms with Gasteiger partial charge in [-0.2, -0.15) is 4.31 Å². The molecular formula is C25H31FN4O3S2. The molecule has 1 saturated heterocycles. The Morgan fingerprint density at radius 1 is 1.17 bits per heavy atom. The van der Waals surface area contributed by atoms with Gasteiger partial charge in [0.2, 0.25) is 10.0 Å². The summed E-state index contributed by atoms with van der Waals surface area (Å²) >= 11 is 1.27. The van der Waals surface area contributed by atoms with Gasteiger partial charge in [0, 0.05) is 25.2 Å². The first-order valence-electron chi connectivity index (χ1n) is 11.8. The zero-order valence-corrected chi connectivity index (χ0v) is 21.9. The number of para-hydroxylation sites is 1. The summed E-state index contributed by atoms with van der Waals surface area (Å²) in [5.41, 5.74) is 0.607. The van der Waals surface area contributed by atoms with Gasteiger partial charge in [0.15, 0.2) is 5.13 Å². The molecule has 2 aromatic carbocycles. The molecule has 0 bridgehead atoms. The number of nitrogens with zero attached hydrogens (tertiary/aromatic N) is 4. The highest BCUT2D eigenvalue weighted by Gasteiger charge is 2.29. The van der Waals surface area contributed by atoms with E-state index in [9.17, 15) is 17.6 Å². The van der Waals surface area contributed by atoms with E-state index in [1.807, 2.05) is 19.0 Å². The van der Waals surface area contributed by atoms with Gasteiger partial charge in [0.05, 0.1) is 9.60 Å². The van der Waals surface area contributed by atoms with Crippen LogP contribution in [0.1, 0.15) is 36.5 Å². The Balaban J connectivity index is 1.60.